The van der Waals surface area contributed by atoms with E-state index >= 15 is 0 Å². The molecule has 2 aliphatic rings. The van der Waals surface area contributed by atoms with Crippen molar-refractivity contribution >= 4 is 17.8 Å². The summed E-state index contributed by atoms with van der Waals surface area (Å²) in [6, 6.07) is -2.05. The molecule has 2 aliphatic heterocycles. The van der Waals surface area contributed by atoms with Gasteiger partial charge >= 0.3 is 6.03 Å². The molecule has 2 saturated heterocycles. The number of urea groups is 1. The lowest BCUT2D eigenvalue weighted by atomic mass is 9.98. The number of carbonyl (C=O) groups excluding carboxylic acids is 2. The van der Waals surface area contributed by atoms with E-state index in [9.17, 15) is 24.9 Å². The van der Waals surface area contributed by atoms with Gasteiger partial charge in [-0.3, -0.25) is 4.79 Å². The van der Waals surface area contributed by atoms with Gasteiger partial charge < -0.3 is 36.4 Å². The molecule has 0 aromatic heterocycles. The first-order chi connectivity index (χ1) is 12.1. The minimum absolute atomic E-state index is 0.0400. The molecule has 7 N–H and O–H groups in total. The van der Waals surface area contributed by atoms with Crippen molar-refractivity contribution in [2.75, 3.05) is 13.2 Å². The summed E-state index contributed by atoms with van der Waals surface area (Å²) in [5.41, 5.74) is 9.39. The zero-order chi connectivity index (χ0) is 19.8. The zero-order valence-electron chi connectivity index (χ0n) is 14.3. The summed E-state index contributed by atoms with van der Waals surface area (Å²) in [6.07, 6.45) is -3.12. The molecule has 2 fully saturated rings. The molecule has 11 nitrogen and oxygen atoms in total. The summed E-state index contributed by atoms with van der Waals surface area (Å²) in [7, 11) is 0. The number of aliphatic hydroxyl groups is 3. The Bertz CT molecular complexity index is 667. The lowest BCUT2D eigenvalue weighted by molar-refractivity contribution is -0.119. The fourth-order valence-corrected chi connectivity index (χ4v) is 2.99. The van der Waals surface area contributed by atoms with E-state index in [1.165, 1.54) is 13.0 Å². The number of ether oxygens (including phenoxy) is 1. The molecule has 144 valence electrons. The Morgan fingerprint density at radius 3 is 2.50 bits per heavy atom. The van der Waals surface area contributed by atoms with Crippen molar-refractivity contribution < 1.29 is 29.6 Å². The summed E-state index contributed by atoms with van der Waals surface area (Å²) >= 11 is 0. The second kappa shape index (κ2) is 7.03. The number of amides is 3. The van der Waals surface area contributed by atoms with Crippen LogP contribution in [-0.2, 0) is 9.53 Å². The van der Waals surface area contributed by atoms with Crippen LogP contribution in [0.5, 0.6) is 0 Å². The number of aliphatic hydroxyl groups excluding tert-OH is 3. The molecular formula is C15H23N5O6. The van der Waals surface area contributed by atoms with E-state index in [1.807, 2.05) is 0 Å². The summed E-state index contributed by atoms with van der Waals surface area (Å²) < 4.78 is 5.54. The quantitative estimate of drug-likeness (QED) is 0.319. The molecule has 0 aliphatic carbocycles. The Kier molecular flexibility index (Phi) is 5.37. The predicted molar refractivity (Wildman–Crippen MR) is 90.3 cm³/mol. The fourth-order valence-electron chi connectivity index (χ4n) is 2.99. The second-order valence-electron chi connectivity index (χ2n) is 6.27. The van der Waals surface area contributed by atoms with Crippen LogP contribution in [0, 0.1) is 0 Å². The second-order valence-corrected chi connectivity index (χ2v) is 6.27. The van der Waals surface area contributed by atoms with Crippen LogP contribution < -0.4 is 11.5 Å². The van der Waals surface area contributed by atoms with Crippen LogP contribution in [0.25, 0.3) is 0 Å². The summed E-state index contributed by atoms with van der Waals surface area (Å²) in [6.45, 7) is 7.65. The number of hydrogen-bond acceptors (Lipinski definition) is 8. The van der Waals surface area contributed by atoms with Crippen molar-refractivity contribution in [2.45, 2.75) is 37.0 Å². The average molecular weight is 369 g/mol. The van der Waals surface area contributed by atoms with Crippen molar-refractivity contribution in [3.8, 4) is 0 Å². The highest BCUT2D eigenvalue weighted by Crippen LogP contribution is 2.35. The molecule has 2 rings (SSSR count). The van der Waals surface area contributed by atoms with Gasteiger partial charge in [-0.15, -0.1) is 6.58 Å². The van der Waals surface area contributed by atoms with E-state index in [4.69, 9.17) is 16.2 Å². The first kappa shape index (κ1) is 19.8. The molecule has 5 atom stereocenters. The Labute approximate surface area is 149 Å². The maximum atomic E-state index is 12.9. The van der Waals surface area contributed by atoms with Gasteiger partial charge in [0.2, 0.25) is 5.91 Å². The van der Waals surface area contributed by atoms with E-state index < -0.39 is 48.6 Å². The summed E-state index contributed by atoms with van der Waals surface area (Å²) in [4.78, 5) is 30.6. The highest BCUT2D eigenvalue weighted by atomic mass is 16.6. The van der Waals surface area contributed by atoms with Crippen LogP contribution in [0.2, 0.25) is 0 Å². The van der Waals surface area contributed by atoms with Crippen molar-refractivity contribution in [2.24, 2.45) is 16.5 Å². The highest BCUT2D eigenvalue weighted by molar-refractivity contribution is 6.18. The smallest absolute Gasteiger partial charge is 0.329 e. The number of amidine groups is 1. The molecular weight excluding hydrogens is 346 g/mol. The van der Waals surface area contributed by atoms with Crippen LogP contribution in [0.1, 0.15) is 6.92 Å². The number of nitrogens with zero attached hydrogens (tertiary/aromatic N) is 3. The first-order valence-electron chi connectivity index (χ1n) is 7.77. The van der Waals surface area contributed by atoms with Crippen LogP contribution in [0.4, 0.5) is 4.79 Å². The molecule has 0 radical (unpaired) electrons. The third-order valence-corrected chi connectivity index (χ3v) is 4.31. The minimum atomic E-state index is -1.58. The Morgan fingerprint density at radius 1 is 1.46 bits per heavy atom. The predicted octanol–water partition coefficient (Wildman–Crippen LogP) is -2.58. The molecule has 3 amide bonds. The molecule has 0 saturated carbocycles. The van der Waals surface area contributed by atoms with E-state index in [2.05, 4.69) is 18.2 Å². The number of carbonyl (C=O) groups is 2. The standard InChI is InChI=1S/C15H23N5O6/c1-4-5-19-8(11(17)24)12(18-7(2)16)20(14(19)25)13-9(22)10(23)15(3,6-21)26-13/h4,8-10,13,21-23H,1-2,5-6,16H2,3H3,(H2,17,24)/b18-12+. The maximum absolute atomic E-state index is 12.9. The molecule has 11 heteroatoms. The van der Waals surface area contributed by atoms with Gasteiger partial charge in [-0.05, 0) is 6.92 Å². The van der Waals surface area contributed by atoms with Gasteiger partial charge in [0.1, 0.15) is 29.5 Å². The lowest BCUT2D eigenvalue weighted by Gasteiger charge is -2.27. The monoisotopic (exact) mass is 369 g/mol. The van der Waals surface area contributed by atoms with E-state index in [1.54, 1.807) is 0 Å². The summed E-state index contributed by atoms with van der Waals surface area (Å²) in [5, 5.41) is 30.0. The van der Waals surface area contributed by atoms with Gasteiger partial charge in [0.25, 0.3) is 0 Å². The maximum Gasteiger partial charge on any atom is 0.329 e. The Balaban J connectivity index is 2.54. The lowest BCUT2D eigenvalue weighted by Crippen LogP contribution is -2.49. The molecule has 0 bridgehead atoms. The highest BCUT2D eigenvalue weighted by Gasteiger charge is 2.59. The largest absolute Gasteiger partial charge is 0.393 e. The molecule has 2 heterocycles. The Morgan fingerprint density at radius 2 is 2.08 bits per heavy atom. The SMILES string of the molecule is C=CCN1C(=O)N(C2OC(C)(CO)C(O)C2O)/C(=N/C(=C)N)C1C(N)=O. The van der Waals surface area contributed by atoms with Crippen LogP contribution in [0.15, 0.2) is 30.0 Å². The third-order valence-electron chi connectivity index (χ3n) is 4.31. The zero-order valence-corrected chi connectivity index (χ0v) is 14.3. The van der Waals surface area contributed by atoms with Crippen LogP contribution in [0.3, 0.4) is 0 Å². The average Bonchev–Trinajstić information content (AvgIpc) is 2.94. The van der Waals surface area contributed by atoms with Crippen molar-refractivity contribution in [3.63, 3.8) is 0 Å². The molecule has 0 aromatic carbocycles. The van der Waals surface area contributed by atoms with Gasteiger partial charge in [0.05, 0.1) is 6.61 Å². The van der Waals surface area contributed by atoms with E-state index in [-0.39, 0.29) is 18.2 Å². The van der Waals surface area contributed by atoms with Crippen molar-refractivity contribution in [3.05, 3.63) is 25.1 Å². The van der Waals surface area contributed by atoms with Gasteiger partial charge in [0.15, 0.2) is 12.3 Å². The number of rotatable bonds is 6. The summed E-state index contributed by atoms with van der Waals surface area (Å²) in [5.74, 6) is -1.29. The molecule has 0 aromatic rings. The van der Waals surface area contributed by atoms with E-state index in [0.29, 0.717) is 0 Å². The van der Waals surface area contributed by atoms with E-state index in [0.717, 1.165) is 9.80 Å². The number of primary amides is 1. The Hall–Kier alpha value is -2.47. The van der Waals surface area contributed by atoms with Gasteiger partial charge in [-0.2, -0.15) is 0 Å². The molecule has 5 unspecified atom stereocenters. The number of hydrogen-bond donors (Lipinski definition) is 5. The first-order valence-corrected chi connectivity index (χ1v) is 7.77. The van der Waals surface area contributed by atoms with Crippen molar-refractivity contribution in [1.82, 2.24) is 9.80 Å². The van der Waals surface area contributed by atoms with Crippen LogP contribution >= 0.6 is 0 Å². The molecule has 0 spiro atoms. The number of aliphatic imine (C=N–C) groups is 1. The van der Waals surface area contributed by atoms with Gasteiger partial charge in [0, 0.05) is 6.54 Å². The van der Waals surface area contributed by atoms with Crippen LogP contribution in [-0.4, -0.2) is 86.1 Å². The number of nitrogens with two attached hydrogens (primary N) is 2. The van der Waals surface area contributed by atoms with Gasteiger partial charge in [-0.1, -0.05) is 12.7 Å². The topological polar surface area (TPSA) is 175 Å². The van der Waals surface area contributed by atoms with Crippen molar-refractivity contribution in [1.29, 1.82) is 0 Å². The molecule has 26 heavy (non-hydrogen) atoms. The fraction of sp³-hybridized carbons (Fsp3) is 0.533. The third kappa shape index (κ3) is 3.05. The minimum Gasteiger partial charge on any atom is -0.393 e. The normalized spacial score (nSPS) is 36.0. The van der Waals surface area contributed by atoms with Gasteiger partial charge in [-0.25, -0.2) is 14.7 Å².